The van der Waals surface area contributed by atoms with Gasteiger partial charge in [-0.05, 0) is 46.3 Å². The number of nitrogens with one attached hydrogen (secondary N) is 1. The van der Waals surface area contributed by atoms with Gasteiger partial charge in [0.1, 0.15) is 0 Å². The maximum Gasteiger partial charge on any atom is 0.251 e. The third kappa shape index (κ3) is 3.66. The predicted octanol–water partition coefficient (Wildman–Crippen LogP) is 4.20. The zero-order valence-corrected chi connectivity index (χ0v) is 12.7. The molecule has 0 fully saturated rings. The maximum atomic E-state index is 11.8. The fourth-order valence-corrected chi connectivity index (χ4v) is 3.17. The van der Waals surface area contributed by atoms with Crippen molar-refractivity contribution < 1.29 is 4.79 Å². The lowest BCUT2D eigenvalue weighted by atomic mass is 10.2. The molecule has 1 aromatic carbocycles. The zero-order chi connectivity index (χ0) is 12.3. The molecule has 1 heterocycles. The number of rotatable bonds is 3. The number of thiophene rings is 1. The van der Waals surface area contributed by atoms with Crippen molar-refractivity contribution in [3.8, 4) is 0 Å². The largest absolute Gasteiger partial charge is 0.347 e. The van der Waals surface area contributed by atoms with Crippen LogP contribution < -0.4 is 5.32 Å². The lowest BCUT2D eigenvalue weighted by Gasteiger charge is -2.03. The Morgan fingerprint density at radius 2 is 2.06 bits per heavy atom. The van der Waals surface area contributed by atoms with Crippen molar-refractivity contribution >= 4 is 49.1 Å². The highest BCUT2D eigenvalue weighted by Crippen LogP contribution is 2.21. The molecule has 0 aliphatic carbocycles. The molecule has 2 nitrogen and oxygen atoms in total. The highest BCUT2D eigenvalue weighted by molar-refractivity contribution is 9.11. The van der Waals surface area contributed by atoms with Crippen molar-refractivity contribution in [3.63, 3.8) is 0 Å². The Labute approximate surface area is 120 Å². The Morgan fingerprint density at radius 3 is 2.71 bits per heavy atom. The van der Waals surface area contributed by atoms with Gasteiger partial charge < -0.3 is 5.32 Å². The van der Waals surface area contributed by atoms with E-state index in [9.17, 15) is 4.79 Å². The Balaban J connectivity index is 1.98. The molecule has 0 radical (unpaired) electrons. The van der Waals surface area contributed by atoms with Gasteiger partial charge in [-0.3, -0.25) is 4.79 Å². The first kappa shape index (κ1) is 12.8. The van der Waals surface area contributed by atoms with Crippen LogP contribution in [0.25, 0.3) is 0 Å². The summed E-state index contributed by atoms with van der Waals surface area (Å²) in [5, 5.41) is 2.89. The van der Waals surface area contributed by atoms with E-state index in [0.717, 1.165) is 13.1 Å². The second kappa shape index (κ2) is 5.80. The first-order chi connectivity index (χ1) is 8.15. The molecule has 5 heteroatoms. The van der Waals surface area contributed by atoms with Gasteiger partial charge >= 0.3 is 0 Å². The molecule has 0 aliphatic rings. The Morgan fingerprint density at radius 1 is 1.24 bits per heavy atom. The fraction of sp³-hybridized carbons (Fsp3) is 0.0833. The molecule has 0 saturated carbocycles. The normalized spacial score (nSPS) is 10.2. The summed E-state index contributed by atoms with van der Waals surface area (Å²) in [7, 11) is 0. The lowest BCUT2D eigenvalue weighted by Crippen LogP contribution is -2.22. The molecule has 0 bridgehead atoms. The average Bonchev–Trinajstić information content (AvgIpc) is 2.72. The van der Waals surface area contributed by atoms with Crippen LogP contribution in [0.5, 0.6) is 0 Å². The second-order valence-electron chi connectivity index (χ2n) is 3.40. The number of halogens is 2. The van der Waals surface area contributed by atoms with Gasteiger partial charge in [-0.25, -0.2) is 0 Å². The van der Waals surface area contributed by atoms with Gasteiger partial charge in [0.15, 0.2) is 0 Å². The molecule has 88 valence electrons. The molecule has 2 rings (SSSR count). The van der Waals surface area contributed by atoms with E-state index in [0.29, 0.717) is 12.1 Å². The van der Waals surface area contributed by atoms with Crippen LogP contribution in [0, 0.1) is 0 Å². The molecule has 1 N–H and O–H groups in total. The van der Waals surface area contributed by atoms with Gasteiger partial charge in [-0.1, -0.05) is 22.0 Å². The summed E-state index contributed by atoms with van der Waals surface area (Å²) < 4.78 is 1.98. The summed E-state index contributed by atoms with van der Waals surface area (Å²) in [5.74, 6) is -0.0594. The van der Waals surface area contributed by atoms with Crippen LogP contribution in [0.3, 0.4) is 0 Å². The molecule has 0 saturated heterocycles. The molecule has 0 aliphatic heterocycles. The van der Waals surface area contributed by atoms with E-state index in [1.807, 2.05) is 24.3 Å². The molecule has 0 unspecified atom stereocenters. The van der Waals surface area contributed by atoms with E-state index in [1.54, 1.807) is 23.5 Å². The number of benzene rings is 1. The zero-order valence-electron chi connectivity index (χ0n) is 8.74. The number of hydrogen-bond donors (Lipinski definition) is 1. The Bertz CT molecular complexity index is 539. The lowest BCUT2D eigenvalue weighted by molar-refractivity contribution is 0.0951. The second-order valence-corrected chi connectivity index (χ2v) is 6.86. The van der Waals surface area contributed by atoms with E-state index in [2.05, 4.69) is 37.2 Å². The molecule has 0 spiro atoms. The van der Waals surface area contributed by atoms with Crippen molar-refractivity contribution in [1.29, 1.82) is 0 Å². The third-order valence-electron chi connectivity index (χ3n) is 2.14. The van der Waals surface area contributed by atoms with Crippen LogP contribution in [0.1, 0.15) is 15.2 Å². The number of carbonyl (C=O) groups is 1. The van der Waals surface area contributed by atoms with E-state index in [-0.39, 0.29) is 5.91 Å². The van der Waals surface area contributed by atoms with Crippen LogP contribution >= 0.6 is 43.2 Å². The topological polar surface area (TPSA) is 29.1 Å². The number of carbonyl (C=O) groups excluding carboxylic acids is 1. The molecule has 1 amide bonds. The SMILES string of the molecule is O=C(NCc1ccc(Br)s1)c1cccc(Br)c1. The van der Waals surface area contributed by atoms with E-state index in [1.165, 1.54) is 0 Å². The third-order valence-corrected chi connectivity index (χ3v) is 4.26. The van der Waals surface area contributed by atoms with Crippen molar-refractivity contribution in [2.75, 3.05) is 0 Å². The molecule has 0 atom stereocenters. The first-order valence-corrected chi connectivity index (χ1v) is 7.33. The first-order valence-electron chi connectivity index (χ1n) is 4.93. The standard InChI is InChI=1S/C12H9Br2NOS/c13-9-3-1-2-8(6-9)12(16)15-7-10-4-5-11(14)17-10/h1-6H,7H2,(H,15,16). The van der Waals surface area contributed by atoms with Gasteiger partial charge in [0.05, 0.1) is 10.3 Å². The van der Waals surface area contributed by atoms with E-state index in [4.69, 9.17) is 0 Å². The van der Waals surface area contributed by atoms with Crippen LogP contribution in [-0.4, -0.2) is 5.91 Å². The summed E-state index contributed by atoms with van der Waals surface area (Å²) in [6.45, 7) is 0.557. The summed E-state index contributed by atoms with van der Waals surface area (Å²) in [5.41, 5.74) is 0.662. The summed E-state index contributed by atoms with van der Waals surface area (Å²) in [6.07, 6.45) is 0. The fourth-order valence-electron chi connectivity index (χ4n) is 1.35. The van der Waals surface area contributed by atoms with Gasteiger partial charge in [-0.2, -0.15) is 0 Å². The van der Waals surface area contributed by atoms with Gasteiger partial charge in [0.25, 0.3) is 5.91 Å². The number of hydrogen-bond acceptors (Lipinski definition) is 2. The minimum absolute atomic E-state index is 0.0594. The van der Waals surface area contributed by atoms with Crippen molar-refractivity contribution in [1.82, 2.24) is 5.32 Å². The van der Waals surface area contributed by atoms with Gasteiger partial charge in [0.2, 0.25) is 0 Å². The highest BCUT2D eigenvalue weighted by Gasteiger charge is 2.06. The molecule has 2 aromatic rings. The average molecular weight is 375 g/mol. The van der Waals surface area contributed by atoms with Crippen molar-refractivity contribution in [2.24, 2.45) is 0 Å². The van der Waals surface area contributed by atoms with Crippen LogP contribution in [0.15, 0.2) is 44.7 Å². The van der Waals surface area contributed by atoms with Crippen LogP contribution in [0.2, 0.25) is 0 Å². The van der Waals surface area contributed by atoms with Gasteiger partial charge in [-0.15, -0.1) is 11.3 Å². The van der Waals surface area contributed by atoms with Crippen molar-refractivity contribution in [2.45, 2.75) is 6.54 Å². The summed E-state index contributed by atoms with van der Waals surface area (Å²) >= 11 is 8.36. The van der Waals surface area contributed by atoms with Crippen LogP contribution in [0.4, 0.5) is 0 Å². The molecule has 17 heavy (non-hydrogen) atoms. The highest BCUT2D eigenvalue weighted by atomic mass is 79.9. The quantitative estimate of drug-likeness (QED) is 0.856. The van der Waals surface area contributed by atoms with E-state index < -0.39 is 0 Å². The molecular weight excluding hydrogens is 366 g/mol. The minimum Gasteiger partial charge on any atom is -0.347 e. The summed E-state index contributed by atoms with van der Waals surface area (Å²) in [6, 6.07) is 11.3. The van der Waals surface area contributed by atoms with Crippen molar-refractivity contribution in [3.05, 3.63) is 55.1 Å². The maximum absolute atomic E-state index is 11.8. The van der Waals surface area contributed by atoms with Gasteiger partial charge in [0, 0.05) is 14.9 Å². The smallest absolute Gasteiger partial charge is 0.251 e. The van der Waals surface area contributed by atoms with E-state index >= 15 is 0 Å². The molecule has 1 aromatic heterocycles. The predicted molar refractivity (Wildman–Crippen MR) is 77.3 cm³/mol. The Hall–Kier alpha value is -0.650. The summed E-state index contributed by atoms with van der Waals surface area (Å²) in [4.78, 5) is 13.0. The minimum atomic E-state index is -0.0594. The monoisotopic (exact) mass is 373 g/mol. The Kier molecular flexibility index (Phi) is 4.36. The molecular formula is C12H9Br2NOS. The number of amides is 1. The van der Waals surface area contributed by atoms with Crippen LogP contribution in [-0.2, 0) is 6.54 Å².